The van der Waals surface area contributed by atoms with E-state index in [1.807, 2.05) is 6.92 Å². The molecule has 4 N–H and O–H groups in total. The number of amides is 3. The SMILES string of the molecule is CCC(CCN(CCCN)CC(=O)O)C(=O)N1CCN(C(=O)c2ccc(NC(=O)c3ncc(-c4ccc(OC)c(F)c4F)n3C)cc2Cl)CC1. The van der Waals surface area contributed by atoms with Gasteiger partial charge in [0.2, 0.25) is 11.7 Å². The van der Waals surface area contributed by atoms with E-state index in [9.17, 15) is 33.1 Å². The average Bonchev–Trinajstić information content (AvgIpc) is 3.48. The van der Waals surface area contributed by atoms with E-state index in [1.165, 1.54) is 55.3 Å². The highest BCUT2D eigenvalue weighted by Gasteiger charge is 2.30. The molecule has 1 aliphatic rings. The first-order valence-electron chi connectivity index (χ1n) is 16.3. The van der Waals surface area contributed by atoms with Gasteiger partial charge in [0.15, 0.2) is 17.4 Å². The third-order valence-corrected chi connectivity index (χ3v) is 9.06. The summed E-state index contributed by atoms with van der Waals surface area (Å²) < 4.78 is 35.1. The molecule has 4 rings (SSSR count). The van der Waals surface area contributed by atoms with E-state index in [-0.39, 0.29) is 63.4 Å². The largest absolute Gasteiger partial charge is 0.494 e. The lowest BCUT2D eigenvalue weighted by Crippen LogP contribution is -2.52. The highest BCUT2D eigenvalue weighted by Crippen LogP contribution is 2.30. The van der Waals surface area contributed by atoms with Gasteiger partial charge in [0.1, 0.15) is 0 Å². The van der Waals surface area contributed by atoms with E-state index in [0.717, 1.165) is 0 Å². The molecule has 1 saturated heterocycles. The number of methoxy groups -OCH3 is 1. The number of nitrogens with two attached hydrogens (primary N) is 1. The van der Waals surface area contributed by atoms with Crippen LogP contribution < -0.4 is 15.8 Å². The number of carboxylic acid groups (broad SMARTS) is 1. The highest BCUT2D eigenvalue weighted by molar-refractivity contribution is 6.34. The molecule has 16 heteroatoms. The summed E-state index contributed by atoms with van der Waals surface area (Å²) in [6, 6.07) is 7.06. The second-order valence-corrected chi connectivity index (χ2v) is 12.3. The van der Waals surface area contributed by atoms with Crippen LogP contribution in [-0.4, -0.2) is 113 Å². The molecule has 1 aliphatic heterocycles. The van der Waals surface area contributed by atoms with Crippen molar-refractivity contribution in [2.75, 3.05) is 64.8 Å². The maximum absolute atomic E-state index is 14.7. The summed E-state index contributed by atoms with van der Waals surface area (Å²) in [7, 11) is 2.72. The van der Waals surface area contributed by atoms with Crippen LogP contribution in [0.2, 0.25) is 5.02 Å². The fourth-order valence-electron chi connectivity index (χ4n) is 5.89. The van der Waals surface area contributed by atoms with Crippen LogP contribution in [0, 0.1) is 17.6 Å². The number of aromatic nitrogens is 2. The number of nitrogens with zero attached hydrogens (tertiary/aromatic N) is 5. The van der Waals surface area contributed by atoms with Crippen LogP contribution in [0.4, 0.5) is 14.5 Å². The van der Waals surface area contributed by atoms with Gasteiger partial charge in [-0.3, -0.25) is 24.1 Å². The van der Waals surface area contributed by atoms with Crippen molar-refractivity contribution in [3.05, 3.63) is 64.6 Å². The smallest absolute Gasteiger partial charge is 0.317 e. The second-order valence-electron chi connectivity index (χ2n) is 11.9. The molecule has 3 amide bonds. The number of carboxylic acids is 1. The molecule has 1 aromatic heterocycles. The first kappa shape index (κ1) is 38.2. The number of carbonyl (C=O) groups excluding carboxylic acids is 3. The van der Waals surface area contributed by atoms with Crippen LogP contribution in [0.15, 0.2) is 36.5 Å². The molecule has 0 saturated carbocycles. The third kappa shape index (κ3) is 8.94. The summed E-state index contributed by atoms with van der Waals surface area (Å²) in [4.78, 5) is 60.2. The van der Waals surface area contributed by atoms with Gasteiger partial charge in [0, 0.05) is 50.4 Å². The number of ether oxygens (including phenoxy) is 1. The van der Waals surface area contributed by atoms with Gasteiger partial charge in [-0.2, -0.15) is 4.39 Å². The van der Waals surface area contributed by atoms with Gasteiger partial charge in [-0.15, -0.1) is 0 Å². The topological polar surface area (TPSA) is 163 Å². The molecule has 0 radical (unpaired) electrons. The summed E-state index contributed by atoms with van der Waals surface area (Å²) in [5.41, 5.74) is 6.16. The van der Waals surface area contributed by atoms with Crippen molar-refractivity contribution < 1.29 is 37.8 Å². The Morgan fingerprint density at radius 3 is 2.40 bits per heavy atom. The molecule has 270 valence electrons. The number of rotatable bonds is 15. The summed E-state index contributed by atoms with van der Waals surface area (Å²) in [6.45, 7) is 4.59. The summed E-state index contributed by atoms with van der Waals surface area (Å²) >= 11 is 6.49. The number of nitrogens with one attached hydrogen (secondary N) is 1. The molecule has 1 fully saturated rings. The summed E-state index contributed by atoms with van der Waals surface area (Å²) in [5, 5.41) is 12.0. The molecule has 3 aromatic rings. The predicted molar refractivity (Wildman–Crippen MR) is 183 cm³/mol. The fourth-order valence-corrected chi connectivity index (χ4v) is 6.15. The second kappa shape index (κ2) is 17.4. The van der Waals surface area contributed by atoms with E-state index in [4.69, 9.17) is 22.1 Å². The number of aliphatic carboxylic acids is 1. The number of hydrogen-bond acceptors (Lipinski definition) is 8. The van der Waals surface area contributed by atoms with Crippen molar-refractivity contribution >= 4 is 41.0 Å². The number of halogens is 3. The van der Waals surface area contributed by atoms with Crippen molar-refractivity contribution in [3.63, 3.8) is 0 Å². The summed E-state index contributed by atoms with van der Waals surface area (Å²) in [5.74, 6) is -4.80. The van der Waals surface area contributed by atoms with Gasteiger partial charge < -0.3 is 35.3 Å². The van der Waals surface area contributed by atoms with E-state index >= 15 is 0 Å². The van der Waals surface area contributed by atoms with Crippen molar-refractivity contribution in [3.8, 4) is 17.0 Å². The molecule has 0 spiro atoms. The number of hydrogen-bond donors (Lipinski definition) is 3. The fraction of sp³-hybridized carbons (Fsp3) is 0.441. The average molecular weight is 718 g/mol. The molecule has 2 aromatic carbocycles. The number of benzene rings is 2. The zero-order valence-electron chi connectivity index (χ0n) is 28.3. The van der Waals surface area contributed by atoms with Crippen molar-refractivity contribution in [1.29, 1.82) is 0 Å². The zero-order chi connectivity index (χ0) is 36.5. The molecular weight excluding hydrogens is 676 g/mol. The zero-order valence-corrected chi connectivity index (χ0v) is 29.0. The third-order valence-electron chi connectivity index (χ3n) is 8.74. The molecule has 50 heavy (non-hydrogen) atoms. The van der Waals surface area contributed by atoms with Gasteiger partial charge in [-0.05, 0) is 69.2 Å². The maximum Gasteiger partial charge on any atom is 0.317 e. The quantitative estimate of drug-likeness (QED) is 0.213. The van der Waals surface area contributed by atoms with E-state index in [1.54, 1.807) is 14.7 Å². The first-order chi connectivity index (χ1) is 23.9. The number of piperazine rings is 1. The minimum Gasteiger partial charge on any atom is -0.494 e. The van der Waals surface area contributed by atoms with Gasteiger partial charge in [-0.1, -0.05) is 18.5 Å². The first-order valence-corrected chi connectivity index (χ1v) is 16.6. The van der Waals surface area contributed by atoms with E-state index in [0.29, 0.717) is 65.1 Å². The van der Waals surface area contributed by atoms with Crippen molar-refractivity contribution in [2.45, 2.75) is 26.2 Å². The van der Waals surface area contributed by atoms with Crippen LogP contribution in [-0.2, 0) is 16.6 Å². The minimum atomic E-state index is -1.16. The van der Waals surface area contributed by atoms with Crippen molar-refractivity contribution in [1.82, 2.24) is 24.3 Å². The summed E-state index contributed by atoms with van der Waals surface area (Å²) in [6.07, 6.45) is 3.05. The van der Waals surface area contributed by atoms with Crippen LogP contribution in [0.5, 0.6) is 5.75 Å². The van der Waals surface area contributed by atoms with Gasteiger partial charge >= 0.3 is 5.97 Å². The predicted octanol–water partition coefficient (Wildman–Crippen LogP) is 3.72. The minimum absolute atomic E-state index is 0.0204. The Balaban J connectivity index is 1.34. The van der Waals surface area contributed by atoms with Gasteiger partial charge in [0.25, 0.3) is 11.8 Å². The Hall–Kier alpha value is -4.60. The molecule has 13 nitrogen and oxygen atoms in total. The van der Waals surface area contributed by atoms with Crippen LogP contribution in [0.3, 0.4) is 0 Å². The molecule has 0 aliphatic carbocycles. The Bertz CT molecular complexity index is 1710. The van der Waals surface area contributed by atoms with Crippen molar-refractivity contribution in [2.24, 2.45) is 18.7 Å². The van der Waals surface area contributed by atoms with Gasteiger partial charge in [0.05, 0.1) is 36.1 Å². The highest BCUT2D eigenvalue weighted by atomic mass is 35.5. The van der Waals surface area contributed by atoms with Gasteiger partial charge in [-0.25, -0.2) is 9.37 Å². The lowest BCUT2D eigenvalue weighted by atomic mass is 9.99. The Labute approximate surface area is 293 Å². The monoisotopic (exact) mass is 717 g/mol. The van der Waals surface area contributed by atoms with Crippen LogP contribution in [0.25, 0.3) is 11.3 Å². The Kier molecular flexibility index (Phi) is 13.3. The number of carbonyl (C=O) groups is 4. The standard InChI is InChI=1S/C34H42ClF2N7O6/c1-4-21(10-13-42(12-5-11-38)20-28(45)46)33(48)43-14-16-44(17-15-43)34(49)23-7-6-22(18-25(23)35)40-32(47)31-39-19-26(41(31)2)24-8-9-27(50-3)30(37)29(24)36/h6-9,18-19,21H,4-5,10-17,20,38H2,1-3H3,(H,40,47)(H,45,46). The molecule has 2 heterocycles. The lowest BCUT2D eigenvalue weighted by molar-refractivity contribution is -0.138. The molecule has 0 bridgehead atoms. The number of anilines is 1. The Morgan fingerprint density at radius 1 is 1.08 bits per heavy atom. The molecular formula is C34H42ClF2N7O6. The lowest BCUT2D eigenvalue weighted by Gasteiger charge is -2.36. The Morgan fingerprint density at radius 2 is 1.78 bits per heavy atom. The normalized spacial score (nSPS) is 13.8. The van der Waals surface area contributed by atoms with Crippen LogP contribution >= 0.6 is 11.6 Å². The maximum atomic E-state index is 14.7. The number of imidazole rings is 1. The van der Waals surface area contributed by atoms with E-state index < -0.39 is 23.5 Å². The van der Waals surface area contributed by atoms with Crippen LogP contribution in [0.1, 0.15) is 47.2 Å². The molecule has 1 atom stereocenters. The molecule has 1 unspecified atom stereocenters. The van der Waals surface area contributed by atoms with E-state index in [2.05, 4.69) is 10.3 Å².